The average Bonchev–Trinajstić information content (AvgIpc) is 3.37. The fourth-order valence-electron chi connectivity index (χ4n) is 3.81. The topological polar surface area (TPSA) is 53.7 Å². The molecular formula is C22H22ClN5OS2. The molecule has 1 saturated heterocycles. The van der Waals surface area contributed by atoms with Gasteiger partial charge in [-0.2, -0.15) is 9.61 Å². The highest BCUT2D eigenvalue weighted by molar-refractivity contribution is 7.16. The molecular weight excluding hydrogens is 450 g/mol. The van der Waals surface area contributed by atoms with Crippen molar-refractivity contribution >= 4 is 39.2 Å². The van der Waals surface area contributed by atoms with Crippen LogP contribution in [0.15, 0.2) is 47.3 Å². The van der Waals surface area contributed by atoms with Crippen molar-refractivity contribution in [3.05, 3.63) is 73.4 Å². The van der Waals surface area contributed by atoms with Crippen molar-refractivity contribution in [2.45, 2.75) is 20.0 Å². The van der Waals surface area contributed by atoms with Gasteiger partial charge in [-0.05, 0) is 25.1 Å². The summed E-state index contributed by atoms with van der Waals surface area (Å²) in [5.41, 5.74) is 1.73. The minimum Gasteiger partial charge on any atom is -0.296 e. The van der Waals surface area contributed by atoms with Gasteiger partial charge in [0.05, 0.1) is 6.54 Å². The minimum atomic E-state index is -0.109. The van der Waals surface area contributed by atoms with Crippen molar-refractivity contribution in [1.29, 1.82) is 0 Å². The first kappa shape index (κ1) is 20.8. The monoisotopic (exact) mass is 471 g/mol. The van der Waals surface area contributed by atoms with Gasteiger partial charge in [0, 0.05) is 64.8 Å². The summed E-state index contributed by atoms with van der Waals surface area (Å²) in [7, 11) is 0. The number of thiophene rings is 1. The minimum absolute atomic E-state index is 0.109. The molecule has 160 valence electrons. The van der Waals surface area contributed by atoms with Crippen molar-refractivity contribution in [2.75, 3.05) is 26.2 Å². The standard InChI is InChI=1S/C22H22ClN5OS2/c1-15-12-21(29)28-22(24-15)31-20(25-28)14-27-10-8-26(9-11-27)13-16-6-7-19(30-16)17-4-2-3-5-18(17)23/h2-7,12H,8-11,13-14H2,1H3. The predicted octanol–water partition coefficient (Wildman–Crippen LogP) is 4.16. The van der Waals surface area contributed by atoms with Gasteiger partial charge < -0.3 is 0 Å². The van der Waals surface area contributed by atoms with E-state index in [4.69, 9.17) is 11.6 Å². The first-order chi connectivity index (χ1) is 15.0. The van der Waals surface area contributed by atoms with E-state index in [1.807, 2.05) is 36.5 Å². The van der Waals surface area contributed by atoms with Crippen molar-refractivity contribution < 1.29 is 0 Å². The largest absolute Gasteiger partial charge is 0.296 e. The number of piperazine rings is 1. The molecule has 0 N–H and O–H groups in total. The number of hydrogen-bond donors (Lipinski definition) is 0. The van der Waals surface area contributed by atoms with Crippen LogP contribution >= 0.6 is 34.3 Å². The Morgan fingerprint density at radius 2 is 1.74 bits per heavy atom. The van der Waals surface area contributed by atoms with Gasteiger partial charge in [0.15, 0.2) is 0 Å². The van der Waals surface area contributed by atoms with Gasteiger partial charge in [-0.25, -0.2) is 4.98 Å². The van der Waals surface area contributed by atoms with Crippen LogP contribution in [0.4, 0.5) is 0 Å². The number of nitrogens with zero attached hydrogens (tertiary/aromatic N) is 5. The molecule has 5 rings (SSSR count). The van der Waals surface area contributed by atoms with Gasteiger partial charge in [-0.3, -0.25) is 14.6 Å². The van der Waals surface area contributed by atoms with Gasteiger partial charge in [0.2, 0.25) is 4.96 Å². The summed E-state index contributed by atoms with van der Waals surface area (Å²) in [6, 6.07) is 13.9. The Morgan fingerprint density at radius 1 is 1.00 bits per heavy atom. The molecule has 0 atom stereocenters. The van der Waals surface area contributed by atoms with Crippen LogP contribution in [0.25, 0.3) is 15.4 Å². The molecule has 0 bridgehead atoms. The number of halogens is 1. The summed E-state index contributed by atoms with van der Waals surface area (Å²) in [5.74, 6) is 0. The lowest BCUT2D eigenvalue weighted by Gasteiger charge is -2.33. The number of aromatic nitrogens is 3. The number of fused-ring (bicyclic) bond motifs is 1. The number of aryl methyl sites for hydroxylation is 1. The zero-order chi connectivity index (χ0) is 21.4. The average molecular weight is 472 g/mol. The summed E-state index contributed by atoms with van der Waals surface area (Å²) in [6.45, 7) is 7.56. The maximum absolute atomic E-state index is 12.1. The van der Waals surface area contributed by atoms with Crippen LogP contribution in [0.1, 0.15) is 15.6 Å². The maximum atomic E-state index is 12.1. The highest BCUT2D eigenvalue weighted by Crippen LogP contribution is 2.33. The zero-order valence-corrected chi connectivity index (χ0v) is 19.5. The fraction of sp³-hybridized carbons (Fsp3) is 0.318. The first-order valence-electron chi connectivity index (χ1n) is 10.2. The molecule has 3 aromatic heterocycles. The molecule has 6 nitrogen and oxygen atoms in total. The Balaban J connectivity index is 1.18. The summed E-state index contributed by atoms with van der Waals surface area (Å²) >= 11 is 9.66. The van der Waals surface area contributed by atoms with Crippen LogP contribution in [0.5, 0.6) is 0 Å². The second-order valence-electron chi connectivity index (χ2n) is 7.72. The Hall–Kier alpha value is -2.10. The van der Waals surface area contributed by atoms with E-state index < -0.39 is 0 Å². The lowest BCUT2D eigenvalue weighted by Crippen LogP contribution is -2.45. The lowest BCUT2D eigenvalue weighted by molar-refractivity contribution is 0.122. The van der Waals surface area contributed by atoms with Gasteiger partial charge in [-0.15, -0.1) is 11.3 Å². The van der Waals surface area contributed by atoms with Gasteiger partial charge in [0.25, 0.3) is 5.56 Å². The Morgan fingerprint density at radius 3 is 2.52 bits per heavy atom. The highest BCUT2D eigenvalue weighted by atomic mass is 35.5. The summed E-state index contributed by atoms with van der Waals surface area (Å²) < 4.78 is 1.41. The van der Waals surface area contributed by atoms with E-state index >= 15 is 0 Å². The Bertz CT molecular complexity index is 1270. The van der Waals surface area contributed by atoms with E-state index in [1.165, 1.54) is 31.7 Å². The van der Waals surface area contributed by atoms with Crippen molar-refractivity contribution in [1.82, 2.24) is 24.4 Å². The molecule has 4 heterocycles. The number of hydrogen-bond acceptors (Lipinski definition) is 7. The third-order valence-corrected chi connectivity index (χ3v) is 7.75. The molecule has 1 aromatic carbocycles. The highest BCUT2D eigenvalue weighted by Gasteiger charge is 2.20. The molecule has 31 heavy (non-hydrogen) atoms. The molecule has 1 aliphatic rings. The molecule has 1 aliphatic heterocycles. The zero-order valence-electron chi connectivity index (χ0n) is 17.1. The van der Waals surface area contributed by atoms with E-state index in [-0.39, 0.29) is 5.56 Å². The van der Waals surface area contributed by atoms with Crippen molar-refractivity contribution in [2.24, 2.45) is 0 Å². The number of rotatable bonds is 5. The second kappa shape index (κ2) is 8.80. The molecule has 0 aliphatic carbocycles. The van der Waals surface area contributed by atoms with E-state index in [0.29, 0.717) is 4.96 Å². The van der Waals surface area contributed by atoms with Gasteiger partial charge >= 0.3 is 0 Å². The fourth-order valence-corrected chi connectivity index (χ4v) is 6.18. The SMILES string of the molecule is Cc1cc(=O)n2nc(CN3CCN(Cc4ccc(-c5ccccc5Cl)s4)CC3)sc2n1. The summed E-state index contributed by atoms with van der Waals surface area (Å²) in [5, 5.41) is 6.20. The van der Waals surface area contributed by atoms with Crippen LogP contribution < -0.4 is 5.56 Å². The maximum Gasteiger partial charge on any atom is 0.275 e. The Labute approximate surface area is 193 Å². The Kier molecular flexibility index (Phi) is 5.90. The van der Waals surface area contributed by atoms with Crippen molar-refractivity contribution in [3.63, 3.8) is 0 Å². The molecule has 0 amide bonds. The van der Waals surface area contributed by atoms with E-state index in [2.05, 4.69) is 38.1 Å². The van der Waals surface area contributed by atoms with E-state index in [0.717, 1.165) is 60.6 Å². The van der Waals surface area contributed by atoms with E-state index in [9.17, 15) is 4.79 Å². The van der Waals surface area contributed by atoms with Gasteiger partial charge in [0.1, 0.15) is 5.01 Å². The van der Waals surface area contributed by atoms with Crippen LogP contribution in [-0.2, 0) is 13.1 Å². The van der Waals surface area contributed by atoms with Crippen LogP contribution in [-0.4, -0.2) is 50.6 Å². The molecule has 0 spiro atoms. The summed E-state index contributed by atoms with van der Waals surface area (Å²) in [6.07, 6.45) is 0. The smallest absolute Gasteiger partial charge is 0.275 e. The predicted molar refractivity (Wildman–Crippen MR) is 127 cm³/mol. The quantitative estimate of drug-likeness (QED) is 0.437. The van der Waals surface area contributed by atoms with Crippen LogP contribution in [0.3, 0.4) is 0 Å². The normalized spacial score (nSPS) is 15.7. The molecule has 0 radical (unpaired) electrons. The molecule has 9 heteroatoms. The lowest BCUT2D eigenvalue weighted by atomic mass is 10.2. The van der Waals surface area contributed by atoms with Crippen LogP contribution in [0.2, 0.25) is 5.02 Å². The first-order valence-corrected chi connectivity index (χ1v) is 12.2. The van der Waals surface area contributed by atoms with Crippen molar-refractivity contribution in [3.8, 4) is 10.4 Å². The third kappa shape index (κ3) is 4.58. The van der Waals surface area contributed by atoms with Crippen LogP contribution in [0, 0.1) is 6.92 Å². The molecule has 0 unspecified atom stereocenters. The molecule has 1 fully saturated rings. The van der Waals surface area contributed by atoms with Gasteiger partial charge in [-0.1, -0.05) is 41.1 Å². The summed E-state index contributed by atoms with van der Waals surface area (Å²) in [4.78, 5) is 24.6. The van der Waals surface area contributed by atoms with E-state index in [1.54, 1.807) is 0 Å². The molecule has 4 aromatic rings. The third-order valence-electron chi connectivity index (χ3n) is 5.42. The number of benzene rings is 1. The second-order valence-corrected chi connectivity index (χ2v) is 10.3. The molecule has 0 saturated carbocycles.